The summed E-state index contributed by atoms with van der Waals surface area (Å²) < 4.78 is 7.20. The minimum absolute atomic E-state index is 0.248. The van der Waals surface area contributed by atoms with Crippen LogP contribution in [0.25, 0.3) is 5.70 Å². The van der Waals surface area contributed by atoms with Gasteiger partial charge in [-0.15, -0.1) is 0 Å². The highest BCUT2D eigenvalue weighted by Crippen LogP contribution is 2.38. The van der Waals surface area contributed by atoms with Crippen LogP contribution >= 0.6 is 11.6 Å². The maximum absolute atomic E-state index is 13.2. The Kier molecular flexibility index (Phi) is 5.82. The van der Waals surface area contributed by atoms with Gasteiger partial charge in [0.1, 0.15) is 23.2 Å². The van der Waals surface area contributed by atoms with E-state index in [-0.39, 0.29) is 11.9 Å². The number of allylic oxidation sites excluding steroid dienone is 1. The van der Waals surface area contributed by atoms with Crippen molar-refractivity contribution in [3.8, 4) is 5.75 Å². The molecule has 1 atom stereocenters. The van der Waals surface area contributed by atoms with Crippen LogP contribution in [-0.4, -0.2) is 22.8 Å². The Labute approximate surface area is 202 Å². The van der Waals surface area contributed by atoms with E-state index in [2.05, 4.69) is 21.8 Å². The molecule has 2 N–H and O–H groups in total. The van der Waals surface area contributed by atoms with E-state index in [1.807, 2.05) is 79.7 Å². The number of halogens is 1. The van der Waals surface area contributed by atoms with Gasteiger partial charge in [0.25, 0.3) is 5.91 Å². The van der Waals surface area contributed by atoms with Crippen molar-refractivity contribution in [1.82, 2.24) is 9.78 Å². The van der Waals surface area contributed by atoms with Crippen molar-refractivity contribution >= 4 is 34.7 Å². The molecular formula is C27H23ClN4O2. The molecule has 3 aromatic carbocycles. The number of ether oxygens (including phenoxy) is 1. The SMILES string of the molecule is COc1cccc(C2=CC(c3ccccc3Cl)n3ncc(C(=O)Nc4ccc(C)cc4)c3N2)c1. The van der Waals surface area contributed by atoms with Gasteiger partial charge < -0.3 is 15.4 Å². The second kappa shape index (κ2) is 9.08. The average Bonchev–Trinajstić information content (AvgIpc) is 3.29. The number of rotatable bonds is 5. The third kappa shape index (κ3) is 4.16. The maximum atomic E-state index is 13.2. The molecule has 0 aliphatic carbocycles. The number of amides is 1. The van der Waals surface area contributed by atoms with Gasteiger partial charge in [0.2, 0.25) is 0 Å². The van der Waals surface area contributed by atoms with Crippen LogP contribution in [0.1, 0.15) is 33.1 Å². The second-order valence-electron chi connectivity index (χ2n) is 8.08. The van der Waals surface area contributed by atoms with Crippen LogP contribution in [-0.2, 0) is 0 Å². The molecule has 1 unspecified atom stereocenters. The minimum Gasteiger partial charge on any atom is -0.497 e. The fraction of sp³-hybridized carbons (Fsp3) is 0.111. The molecule has 1 aromatic heterocycles. The summed E-state index contributed by atoms with van der Waals surface area (Å²) in [6.45, 7) is 2.00. The molecule has 170 valence electrons. The van der Waals surface area contributed by atoms with E-state index in [1.54, 1.807) is 18.0 Å². The molecule has 0 spiro atoms. The molecule has 4 aromatic rings. The number of anilines is 2. The lowest BCUT2D eigenvalue weighted by atomic mass is 10.0. The number of carbonyl (C=O) groups excluding carboxylic acids is 1. The number of nitrogens with zero attached hydrogens (tertiary/aromatic N) is 2. The summed E-state index contributed by atoms with van der Waals surface area (Å²) in [5.74, 6) is 1.09. The molecule has 6 nitrogen and oxygen atoms in total. The maximum Gasteiger partial charge on any atom is 0.261 e. The lowest BCUT2D eigenvalue weighted by molar-refractivity contribution is 0.102. The minimum atomic E-state index is -0.299. The first-order chi connectivity index (χ1) is 16.5. The van der Waals surface area contributed by atoms with Crippen molar-refractivity contribution in [2.24, 2.45) is 0 Å². The van der Waals surface area contributed by atoms with E-state index in [4.69, 9.17) is 16.3 Å². The third-order valence-corrected chi connectivity index (χ3v) is 6.14. The van der Waals surface area contributed by atoms with E-state index in [9.17, 15) is 4.79 Å². The zero-order chi connectivity index (χ0) is 23.7. The number of carbonyl (C=O) groups is 1. The Morgan fingerprint density at radius 3 is 2.65 bits per heavy atom. The van der Waals surface area contributed by atoms with E-state index < -0.39 is 0 Å². The first-order valence-corrected chi connectivity index (χ1v) is 11.2. The van der Waals surface area contributed by atoms with Crippen LogP contribution in [0, 0.1) is 6.92 Å². The molecule has 34 heavy (non-hydrogen) atoms. The molecule has 0 bridgehead atoms. The third-order valence-electron chi connectivity index (χ3n) is 5.80. The zero-order valence-corrected chi connectivity index (χ0v) is 19.5. The van der Waals surface area contributed by atoms with Gasteiger partial charge in [-0.3, -0.25) is 4.79 Å². The Hall–Kier alpha value is -4.03. The monoisotopic (exact) mass is 470 g/mol. The molecule has 1 aliphatic rings. The van der Waals surface area contributed by atoms with E-state index >= 15 is 0 Å². The number of hydrogen-bond donors (Lipinski definition) is 2. The van der Waals surface area contributed by atoms with Crippen LogP contribution in [0.4, 0.5) is 11.5 Å². The van der Waals surface area contributed by atoms with Gasteiger partial charge in [-0.25, -0.2) is 4.68 Å². The lowest BCUT2D eigenvalue weighted by Crippen LogP contribution is -2.22. The lowest BCUT2D eigenvalue weighted by Gasteiger charge is -2.27. The van der Waals surface area contributed by atoms with Crippen LogP contribution in [0.3, 0.4) is 0 Å². The van der Waals surface area contributed by atoms with Crippen molar-refractivity contribution in [3.05, 3.63) is 112 Å². The predicted octanol–water partition coefficient (Wildman–Crippen LogP) is 6.16. The van der Waals surface area contributed by atoms with E-state index in [0.717, 1.165) is 33.8 Å². The van der Waals surface area contributed by atoms with Crippen molar-refractivity contribution in [3.63, 3.8) is 0 Å². The topological polar surface area (TPSA) is 68.2 Å². The van der Waals surface area contributed by atoms with Crippen molar-refractivity contribution in [2.45, 2.75) is 13.0 Å². The van der Waals surface area contributed by atoms with Crippen LogP contribution < -0.4 is 15.4 Å². The Balaban J connectivity index is 1.57. The number of aromatic nitrogens is 2. The van der Waals surface area contributed by atoms with Gasteiger partial charge in [0.05, 0.1) is 13.3 Å². The predicted molar refractivity (Wildman–Crippen MR) is 136 cm³/mol. The van der Waals surface area contributed by atoms with E-state index in [0.29, 0.717) is 16.4 Å². The van der Waals surface area contributed by atoms with Gasteiger partial charge >= 0.3 is 0 Å². The highest BCUT2D eigenvalue weighted by Gasteiger charge is 2.29. The molecule has 5 rings (SSSR count). The van der Waals surface area contributed by atoms with Crippen molar-refractivity contribution < 1.29 is 9.53 Å². The standard InChI is InChI=1S/C27H23ClN4O2/c1-17-10-12-19(13-11-17)30-27(33)22-16-29-32-25(21-8-3-4-9-23(21)28)15-24(31-26(22)32)18-6-5-7-20(14-18)34-2/h3-16,25,31H,1-2H3,(H,30,33). The number of nitrogens with one attached hydrogen (secondary N) is 2. The van der Waals surface area contributed by atoms with Gasteiger partial charge in [-0.1, -0.05) is 59.6 Å². The summed E-state index contributed by atoms with van der Waals surface area (Å²) in [4.78, 5) is 13.2. The fourth-order valence-electron chi connectivity index (χ4n) is 3.99. The summed E-state index contributed by atoms with van der Waals surface area (Å²) in [5, 5.41) is 11.6. The highest BCUT2D eigenvalue weighted by molar-refractivity contribution is 6.31. The normalized spacial score (nSPS) is 14.6. The smallest absolute Gasteiger partial charge is 0.261 e. The second-order valence-corrected chi connectivity index (χ2v) is 8.48. The Morgan fingerprint density at radius 1 is 1.09 bits per heavy atom. The number of methoxy groups -OCH3 is 1. The first-order valence-electron chi connectivity index (χ1n) is 10.9. The summed E-state index contributed by atoms with van der Waals surface area (Å²) in [5.41, 5.74) is 4.93. The van der Waals surface area contributed by atoms with Crippen molar-refractivity contribution in [2.75, 3.05) is 17.7 Å². The molecule has 7 heteroatoms. The first kappa shape index (κ1) is 21.8. The van der Waals surface area contributed by atoms with Crippen LogP contribution in [0.15, 0.2) is 85.1 Å². The Morgan fingerprint density at radius 2 is 1.88 bits per heavy atom. The summed E-state index contributed by atoms with van der Waals surface area (Å²) in [6, 6.07) is 22.8. The van der Waals surface area contributed by atoms with E-state index in [1.165, 1.54) is 0 Å². The molecule has 1 amide bonds. The zero-order valence-electron chi connectivity index (χ0n) is 18.7. The molecule has 0 saturated heterocycles. The molecule has 0 radical (unpaired) electrons. The molecule has 0 fully saturated rings. The summed E-state index contributed by atoms with van der Waals surface area (Å²) >= 11 is 6.56. The molecule has 2 heterocycles. The van der Waals surface area contributed by atoms with Gasteiger partial charge in [-0.2, -0.15) is 5.10 Å². The number of benzene rings is 3. The van der Waals surface area contributed by atoms with Gasteiger partial charge in [0, 0.05) is 22.0 Å². The summed E-state index contributed by atoms with van der Waals surface area (Å²) in [7, 11) is 1.64. The fourth-order valence-corrected chi connectivity index (χ4v) is 4.24. The molecule has 1 aliphatic heterocycles. The van der Waals surface area contributed by atoms with Crippen LogP contribution in [0.2, 0.25) is 5.02 Å². The average molecular weight is 471 g/mol. The number of hydrogen-bond acceptors (Lipinski definition) is 4. The van der Waals surface area contributed by atoms with Gasteiger partial charge in [0.15, 0.2) is 0 Å². The largest absolute Gasteiger partial charge is 0.497 e. The van der Waals surface area contributed by atoms with Gasteiger partial charge in [-0.05, 0) is 48.9 Å². The number of aryl methyl sites for hydroxylation is 1. The summed E-state index contributed by atoms with van der Waals surface area (Å²) in [6.07, 6.45) is 3.63. The Bertz CT molecular complexity index is 1390. The molecular weight excluding hydrogens is 448 g/mol. The van der Waals surface area contributed by atoms with Crippen LogP contribution in [0.5, 0.6) is 5.75 Å². The number of fused-ring (bicyclic) bond motifs is 1. The highest BCUT2D eigenvalue weighted by atomic mass is 35.5. The quantitative estimate of drug-likeness (QED) is 0.366. The molecule has 0 saturated carbocycles. The van der Waals surface area contributed by atoms with Crippen molar-refractivity contribution in [1.29, 1.82) is 0 Å².